The van der Waals surface area contributed by atoms with Gasteiger partial charge in [0.15, 0.2) is 5.16 Å². The van der Waals surface area contributed by atoms with Gasteiger partial charge in [-0.15, -0.1) is 5.10 Å². The molecule has 1 aromatic rings. The van der Waals surface area contributed by atoms with Gasteiger partial charge >= 0.3 is 5.69 Å². The summed E-state index contributed by atoms with van der Waals surface area (Å²) in [5, 5.41) is 10.3. The molecule has 1 atom stereocenters. The van der Waals surface area contributed by atoms with Crippen LogP contribution in [0.4, 0.5) is 0 Å². The van der Waals surface area contributed by atoms with Gasteiger partial charge in [0.05, 0.1) is 0 Å². The minimum Gasteiger partial charge on any atom is -0.314 e. The van der Waals surface area contributed by atoms with Crippen molar-refractivity contribution in [1.82, 2.24) is 20.1 Å². The zero-order chi connectivity index (χ0) is 10.6. The van der Waals surface area contributed by atoms with Gasteiger partial charge in [0.1, 0.15) is 0 Å². The topological polar surface area (TPSA) is 62.7 Å². The standard InChI is InChI=1S/C8H16N4OS/c1-4-9-6(2)5-14-8-11-10-7(13)12(8)3/h6,9H,4-5H2,1-3H3,(H,10,13). The number of rotatable bonds is 5. The molecule has 1 unspecified atom stereocenters. The Morgan fingerprint density at radius 3 is 2.93 bits per heavy atom. The highest BCUT2D eigenvalue weighted by Crippen LogP contribution is 2.12. The molecular weight excluding hydrogens is 200 g/mol. The summed E-state index contributed by atoms with van der Waals surface area (Å²) in [5.41, 5.74) is -0.163. The largest absolute Gasteiger partial charge is 0.343 e. The van der Waals surface area contributed by atoms with Crippen LogP contribution in [-0.4, -0.2) is 33.1 Å². The first kappa shape index (κ1) is 11.3. The monoisotopic (exact) mass is 216 g/mol. The molecule has 0 saturated carbocycles. The zero-order valence-electron chi connectivity index (χ0n) is 8.70. The van der Waals surface area contributed by atoms with E-state index in [0.717, 1.165) is 17.5 Å². The molecule has 0 bridgehead atoms. The van der Waals surface area contributed by atoms with Gasteiger partial charge in [-0.2, -0.15) is 0 Å². The van der Waals surface area contributed by atoms with Crippen molar-refractivity contribution in [2.75, 3.05) is 12.3 Å². The SMILES string of the molecule is CCNC(C)CSc1n[nH]c(=O)n1C. The Balaban J connectivity index is 2.45. The van der Waals surface area contributed by atoms with Crippen LogP contribution < -0.4 is 11.0 Å². The van der Waals surface area contributed by atoms with Crippen molar-refractivity contribution in [3.8, 4) is 0 Å². The van der Waals surface area contributed by atoms with Crippen LogP contribution in [0.2, 0.25) is 0 Å². The van der Waals surface area contributed by atoms with Crippen molar-refractivity contribution in [2.24, 2.45) is 7.05 Å². The lowest BCUT2D eigenvalue weighted by Crippen LogP contribution is -2.27. The van der Waals surface area contributed by atoms with Gasteiger partial charge < -0.3 is 5.32 Å². The number of nitrogens with zero attached hydrogens (tertiary/aromatic N) is 2. The fourth-order valence-electron chi connectivity index (χ4n) is 1.07. The fourth-order valence-corrected chi connectivity index (χ4v) is 1.97. The van der Waals surface area contributed by atoms with E-state index < -0.39 is 0 Å². The minimum atomic E-state index is -0.163. The van der Waals surface area contributed by atoms with Crippen molar-refractivity contribution in [3.05, 3.63) is 10.5 Å². The molecule has 0 aliphatic carbocycles. The Labute approximate surface area is 87.3 Å². The number of aromatic amines is 1. The molecular formula is C8H16N4OS. The second kappa shape index (κ2) is 5.21. The molecule has 0 radical (unpaired) electrons. The van der Waals surface area contributed by atoms with Crippen molar-refractivity contribution in [1.29, 1.82) is 0 Å². The van der Waals surface area contributed by atoms with Crippen LogP contribution in [0.25, 0.3) is 0 Å². The lowest BCUT2D eigenvalue weighted by Gasteiger charge is -2.10. The van der Waals surface area contributed by atoms with E-state index in [1.165, 1.54) is 4.57 Å². The van der Waals surface area contributed by atoms with Gasteiger partial charge in [0, 0.05) is 18.8 Å². The van der Waals surface area contributed by atoms with Gasteiger partial charge in [-0.05, 0) is 13.5 Å². The van der Waals surface area contributed by atoms with Crippen LogP contribution in [0, 0.1) is 0 Å². The summed E-state index contributed by atoms with van der Waals surface area (Å²) < 4.78 is 1.52. The predicted octanol–water partition coefficient (Wildman–Crippen LogP) is 0.198. The number of hydrogen-bond acceptors (Lipinski definition) is 4. The molecule has 0 spiro atoms. The van der Waals surface area contributed by atoms with Crippen LogP contribution in [0.3, 0.4) is 0 Å². The Morgan fingerprint density at radius 1 is 1.71 bits per heavy atom. The van der Waals surface area contributed by atoms with Gasteiger partial charge in [-0.1, -0.05) is 18.7 Å². The number of aromatic nitrogens is 3. The highest BCUT2D eigenvalue weighted by atomic mass is 32.2. The molecule has 0 aliphatic rings. The van der Waals surface area contributed by atoms with Crippen molar-refractivity contribution in [3.63, 3.8) is 0 Å². The van der Waals surface area contributed by atoms with Crippen LogP contribution in [0.15, 0.2) is 9.95 Å². The molecule has 1 rings (SSSR count). The van der Waals surface area contributed by atoms with Crippen molar-refractivity contribution < 1.29 is 0 Å². The average molecular weight is 216 g/mol. The average Bonchev–Trinajstić information content (AvgIpc) is 2.46. The third-order valence-electron chi connectivity index (χ3n) is 1.85. The Hall–Kier alpha value is -0.750. The van der Waals surface area contributed by atoms with Crippen LogP contribution >= 0.6 is 11.8 Å². The third kappa shape index (κ3) is 2.88. The quantitative estimate of drug-likeness (QED) is 0.690. The van der Waals surface area contributed by atoms with Gasteiger partial charge in [0.25, 0.3) is 0 Å². The first-order chi connectivity index (χ1) is 6.65. The second-order valence-corrected chi connectivity index (χ2v) is 4.13. The van der Waals surface area contributed by atoms with Crippen LogP contribution in [0.5, 0.6) is 0 Å². The van der Waals surface area contributed by atoms with Gasteiger partial charge in [-0.25, -0.2) is 9.89 Å². The Morgan fingerprint density at radius 2 is 2.43 bits per heavy atom. The molecule has 2 N–H and O–H groups in total. The van der Waals surface area contributed by atoms with Crippen LogP contribution in [-0.2, 0) is 7.05 Å². The molecule has 0 amide bonds. The maximum Gasteiger partial charge on any atom is 0.343 e. The smallest absolute Gasteiger partial charge is 0.314 e. The summed E-state index contributed by atoms with van der Waals surface area (Å²) in [6, 6.07) is 0.428. The molecule has 1 aromatic heterocycles. The van der Waals surface area contributed by atoms with Gasteiger partial charge in [-0.3, -0.25) is 4.57 Å². The summed E-state index contributed by atoms with van der Waals surface area (Å²) in [6.45, 7) is 5.15. The lowest BCUT2D eigenvalue weighted by atomic mass is 10.4. The summed E-state index contributed by atoms with van der Waals surface area (Å²) in [7, 11) is 1.71. The van der Waals surface area contributed by atoms with E-state index in [-0.39, 0.29) is 5.69 Å². The highest BCUT2D eigenvalue weighted by Gasteiger charge is 2.06. The first-order valence-corrected chi connectivity index (χ1v) is 5.61. The molecule has 80 valence electrons. The normalized spacial score (nSPS) is 13.1. The molecule has 6 heteroatoms. The minimum absolute atomic E-state index is 0.163. The summed E-state index contributed by atoms with van der Waals surface area (Å²) >= 11 is 1.57. The van der Waals surface area contributed by atoms with E-state index in [1.54, 1.807) is 18.8 Å². The van der Waals surface area contributed by atoms with Gasteiger partial charge in [0.2, 0.25) is 0 Å². The van der Waals surface area contributed by atoms with E-state index in [2.05, 4.69) is 29.4 Å². The summed E-state index contributed by atoms with van der Waals surface area (Å²) in [4.78, 5) is 11.0. The Kier molecular flexibility index (Phi) is 4.21. The maximum atomic E-state index is 11.0. The highest BCUT2D eigenvalue weighted by molar-refractivity contribution is 7.99. The van der Waals surface area contributed by atoms with E-state index in [0.29, 0.717) is 6.04 Å². The molecule has 0 saturated heterocycles. The molecule has 0 aromatic carbocycles. The molecule has 1 heterocycles. The van der Waals surface area contributed by atoms with E-state index in [9.17, 15) is 4.79 Å². The second-order valence-electron chi connectivity index (χ2n) is 3.14. The Bertz CT molecular complexity index is 332. The number of thioether (sulfide) groups is 1. The van der Waals surface area contributed by atoms with Crippen LogP contribution in [0.1, 0.15) is 13.8 Å². The maximum absolute atomic E-state index is 11.0. The fraction of sp³-hybridized carbons (Fsp3) is 0.750. The molecule has 14 heavy (non-hydrogen) atoms. The lowest BCUT2D eigenvalue weighted by molar-refractivity contribution is 0.618. The van der Waals surface area contributed by atoms with E-state index in [1.807, 2.05) is 0 Å². The summed E-state index contributed by atoms with van der Waals surface area (Å²) in [5.74, 6) is 0.909. The molecule has 0 fully saturated rings. The van der Waals surface area contributed by atoms with E-state index in [4.69, 9.17) is 0 Å². The third-order valence-corrected chi connectivity index (χ3v) is 3.14. The first-order valence-electron chi connectivity index (χ1n) is 4.62. The number of H-pyrrole nitrogens is 1. The number of nitrogens with one attached hydrogen (secondary N) is 2. The van der Waals surface area contributed by atoms with Crippen molar-refractivity contribution in [2.45, 2.75) is 25.0 Å². The summed E-state index contributed by atoms with van der Waals surface area (Å²) in [6.07, 6.45) is 0. The molecule has 5 nitrogen and oxygen atoms in total. The zero-order valence-corrected chi connectivity index (χ0v) is 9.52. The molecule has 0 aliphatic heterocycles. The van der Waals surface area contributed by atoms with E-state index >= 15 is 0 Å². The van der Waals surface area contributed by atoms with Crippen molar-refractivity contribution >= 4 is 11.8 Å². The predicted molar refractivity (Wildman–Crippen MR) is 57.7 cm³/mol. The number of hydrogen-bond donors (Lipinski definition) is 2.